The Hall–Kier alpha value is -2.10. The van der Waals surface area contributed by atoms with Crippen LogP contribution in [0, 0.1) is 0 Å². The van der Waals surface area contributed by atoms with Crippen LogP contribution in [0.4, 0.5) is 5.69 Å². The number of hydrogen-bond donors (Lipinski definition) is 1. The molecule has 0 saturated heterocycles. The van der Waals surface area contributed by atoms with Gasteiger partial charge in [0.1, 0.15) is 0 Å². The minimum Gasteiger partial charge on any atom is -0.487 e. The van der Waals surface area contributed by atoms with Crippen LogP contribution in [-0.4, -0.2) is 23.7 Å². The van der Waals surface area contributed by atoms with Gasteiger partial charge in [-0.1, -0.05) is 12.1 Å². The topological polar surface area (TPSA) is 55.4 Å². The Bertz CT molecular complexity index is 585. The summed E-state index contributed by atoms with van der Waals surface area (Å²) in [6.07, 6.45) is 1.13. The van der Waals surface area contributed by atoms with Gasteiger partial charge in [0.2, 0.25) is 5.78 Å². The van der Waals surface area contributed by atoms with E-state index in [1.807, 2.05) is 33.8 Å². The molecule has 20 heavy (non-hydrogen) atoms. The van der Waals surface area contributed by atoms with Gasteiger partial charge in [0.05, 0.1) is 11.7 Å². The third kappa shape index (κ3) is 2.74. The van der Waals surface area contributed by atoms with Gasteiger partial charge in [0.25, 0.3) is 0 Å². The van der Waals surface area contributed by atoms with E-state index in [4.69, 9.17) is 4.74 Å². The molecule has 2 rings (SSSR count). The van der Waals surface area contributed by atoms with Crippen molar-refractivity contribution in [1.82, 2.24) is 0 Å². The molecule has 1 N–H and O–H groups in total. The summed E-state index contributed by atoms with van der Waals surface area (Å²) < 4.78 is 5.45. The third-order valence-electron chi connectivity index (χ3n) is 2.85. The largest absolute Gasteiger partial charge is 0.487 e. The summed E-state index contributed by atoms with van der Waals surface area (Å²) in [7, 11) is 0. The van der Waals surface area contributed by atoms with Gasteiger partial charge in [-0.3, -0.25) is 9.59 Å². The average Bonchev–Trinajstić information content (AvgIpc) is 2.34. The van der Waals surface area contributed by atoms with E-state index in [2.05, 4.69) is 5.32 Å². The van der Waals surface area contributed by atoms with Crippen LogP contribution in [0.5, 0.6) is 0 Å². The summed E-state index contributed by atoms with van der Waals surface area (Å²) in [5.41, 5.74) is 1.51. The Kier molecular flexibility index (Phi) is 3.93. The molecule has 0 spiro atoms. The van der Waals surface area contributed by atoms with E-state index in [1.165, 1.54) is 6.08 Å². The molecule has 0 amide bonds. The van der Waals surface area contributed by atoms with E-state index < -0.39 is 0 Å². The maximum Gasteiger partial charge on any atom is 0.230 e. The van der Waals surface area contributed by atoms with Crippen LogP contribution in [0.25, 0.3) is 0 Å². The first-order valence-electron chi connectivity index (χ1n) is 6.77. The van der Waals surface area contributed by atoms with E-state index in [1.54, 1.807) is 12.1 Å². The highest BCUT2D eigenvalue weighted by atomic mass is 16.5. The fraction of sp³-hybridized carbons (Fsp3) is 0.375. The zero-order valence-corrected chi connectivity index (χ0v) is 12.2. The van der Waals surface area contributed by atoms with Crippen molar-refractivity contribution in [3.63, 3.8) is 0 Å². The molecule has 106 valence electrons. The molecule has 0 atom stereocenters. The fourth-order valence-electron chi connectivity index (χ4n) is 2.16. The Balaban J connectivity index is 2.48. The van der Waals surface area contributed by atoms with Gasteiger partial charge >= 0.3 is 0 Å². The number of Topliss-reactive ketones (excluding diaryl/α,β-unsaturated/α-hetero) is 1. The van der Waals surface area contributed by atoms with Gasteiger partial charge < -0.3 is 10.1 Å². The van der Waals surface area contributed by atoms with Gasteiger partial charge in [-0.05, 0) is 33.8 Å². The molecule has 0 aliphatic heterocycles. The first-order chi connectivity index (χ1) is 9.40. The van der Waals surface area contributed by atoms with Crippen LogP contribution in [0.15, 0.2) is 30.0 Å². The monoisotopic (exact) mass is 273 g/mol. The number of rotatable bonds is 4. The lowest BCUT2D eigenvalue weighted by atomic mass is 9.91. The first kappa shape index (κ1) is 14.3. The number of hydrogen-bond acceptors (Lipinski definition) is 4. The van der Waals surface area contributed by atoms with E-state index in [0.717, 1.165) is 0 Å². The average molecular weight is 273 g/mol. The number of carbonyl (C=O) groups excluding carboxylic acids is 2. The van der Waals surface area contributed by atoms with Crippen LogP contribution in [0.2, 0.25) is 0 Å². The minimum absolute atomic E-state index is 0.121. The molecule has 0 heterocycles. The number of ether oxygens (including phenoxy) is 1. The van der Waals surface area contributed by atoms with Crippen LogP contribution in [0.3, 0.4) is 0 Å². The van der Waals surface area contributed by atoms with Gasteiger partial charge in [-0.15, -0.1) is 0 Å². The third-order valence-corrected chi connectivity index (χ3v) is 2.85. The van der Waals surface area contributed by atoms with Crippen LogP contribution < -0.4 is 5.32 Å². The smallest absolute Gasteiger partial charge is 0.230 e. The number of allylic oxidation sites excluding steroid dienone is 2. The zero-order valence-electron chi connectivity index (χ0n) is 12.2. The maximum absolute atomic E-state index is 12.5. The molecule has 0 unspecified atom stereocenters. The summed E-state index contributed by atoms with van der Waals surface area (Å²) in [6.45, 7) is 7.62. The lowest BCUT2D eigenvalue weighted by Gasteiger charge is -2.21. The molecule has 0 aromatic heterocycles. The molecular weight excluding hydrogens is 254 g/mol. The lowest BCUT2D eigenvalue weighted by molar-refractivity contribution is 0.0811. The lowest BCUT2D eigenvalue weighted by Crippen LogP contribution is -2.23. The summed E-state index contributed by atoms with van der Waals surface area (Å²) in [5, 5.41) is 3.20. The van der Waals surface area contributed by atoms with Crippen molar-refractivity contribution in [2.45, 2.75) is 39.8 Å². The number of fused-ring (bicyclic) bond motifs is 1. The quantitative estimate of drug-likeness (QED) is 0.915. The summed E-state index contributed by atoms with van der Waals surface area (Å²) >= 11 is 0. The Morgan fingerprint density at radius 3 is 2.40 bits per heavy atom. The number of nitrogens with one attached hydrogen (secondary N) is 1. The minimum atomic E-state index is -0.239. The van der Waals surface area contributed by atoms with Crippen molar-refractivity contribution in [3.8, 4) is 0 Å². The molecule has 1 aliphatic carbocycles. The molecule has 1 aromatic rings. The van der Waals surface area contributed by atoms with Crippen molar-refractivity contribution >= 4 is 17.3 Å². The molecule has 1 aliphatic rings. The SMILES string of the molecule is CC(C)Nc1cccc2c1C(=O)C(OC(C)C)=CC2=O. The molecule has 0 radical (unpaired) electrons. The van der Waals surface area contributed by atoms with Crippen molar-refractivity contribution in [2.75, 3.05) is 5.32 Å². The highest BCUT2D eigenvalue weighted by Crippen LogP contribution is 2.29. The van der Waals surface area contributed by atoms with Gasteiger partial charge in [0, 0.05) is 23.4 Å². The first-order valence-corrected chi connectivity index (χ1v) is 6.77. The Morgan fingerprint density at radius 2 is 1.80 bits per heavy atom. The molecule has 4 nitrogen and oxygen atoms in total. The van der Waals surface area contributed by atoms with Gasteiger partial charge in [-0.2, -0.15) is 0 Å². The molecule has 4 heteroatoms. The number of ketones is 2. The summed E-state index contributed by atoms with van der Waals surface area (Å²) in [5.74, 6) is -0.310. The van der Waals surface area contributed by atoms with Crippen LogP contribution in [-0.2, 0) is 4.74 Å². The van der Waals surface area contributed by atoms with Gasteiger partial charge in [0.15, 0.2) is 11.5 Å². The van der Waals surface area contributed by atoms with E-state index in [9.17, 15) is 9.59 Å². The summed E-state index contributed by atoms with van der Waals surface area (Å²) in [6, 6.07) is 5.42. The van der Waals surface area contributed by atoms with Crippen LogP contribution >= 0.6 is 0 Å². The second-order valence-electron chi connectivity index (χ2n) is 5.40. The second kappa shape index (κ2) is 5.49. The molecule has 0 fully saturated rings. The normalized spacial score (nSPS) is 14.4. The predicted octanol–water partition coefficient (Wildman–Crippen LogP) is 3.19. The van der Waals surface area contributed by atoms with E-state index in [-0.39, 0.29) is 29.5 Å². The molecule has 0 saturated carbocycles. The predicted molar refractivity (Wildman–Crippen MR) is 78.2 cm³/mol. The van der Waals surface area contributed by atoms with E-state index >= 15 is 0 Å². The number of anilines is 1. The molecule has 1 aromatic carbocycles. The Morgan fingerprint density at radius 1 is 1.10 bits per heavy atom. The second-order valence-corrected chi connectivity index (χ2v) is 5.40. The summed E-state index contributed by atoms with van der Waals surface area (Å²) in [4.78, 5) is 24.6. The van der Waals surface area contributed by atoms with Crippen molar-refractivity contribution in [3.05, 3.63) is 41.2 Å². The van der Waals surface area contributed by atoms with Crippen LogP contribution in [0.1, 0.15) is 48.4 Å². The van der Waals surface area contributed by atoms with Crippen molar-refractivity contribution in [1.29, 1.82) is 0 Å². The maximum atomic E-state index is 12.5. The molecular formula is C16H19NO3. The molecule has 0 bridgehead atoms. The van der Waals surface area contributed by atoms with Crippen molar-refractivity contribution < 1.29 is 14.3 Å². The highest BCUT2D eigenvalue weighted by Gasteiger charge is 2.29. The fourth-order valence-corrected chi connectivity index (χ4v) is 2.16. The standard InChI is InChI=1S/C16H19NO3/c1-9(2)17-12-7-5-6-11-13(18)8-14(20-10(3)4)16(19)15(11)12/h5-10,17H,1-4H3. The van der Waals surface area contributed by atoms with E-state index in [0.29, 0.717) is 16.8 Å². The highest BCUT2D eigenvalue weighted by molar-refractivity contribution is 6.25. The number of carbonyl (C=O) groups is 2. The number of benzene rings is 1. The van der Waals surface area contributed by atoms with Crippen molar-refractivity contribution in [2.24, 2.45) is 0 Å². The zero-order chi connectivity index (χ0) is 14.9. The Labute approximate surface area is 118 Å². The van der Waals surface area contributed by atoms with Gasteiger partial charge in [-0.25, -0.2) is 0 Å².